The zero-order valence-corrected chi connectivity index (χ0v) is 26.9. The third kappa shape index (κ3) is 4.04. The second kappa shape index (κ2) is 9.89. The molecule has 7 rings (SSSR count). The van der Waals surface area contributed by atoms with Crippen molar-refractivity contribution >= 4 is 50.1 Å². The molecular formula is C32H40BrN5O5. The molecule has 0 spiro atoms. The van der Waals surface area contributed by atoms with Gasteiger partial charge in [-0.2, -0.15) is 0 Å². The van der Waals surface area contributed by atoms with Crippen molar-refractivity contribution in [1.82, 2.24) is 25.0 Å². The van der Waals surface area contributed by atoms with Gasteiger partial charge in [-0.25, -0.2) is 0 Å². The Balaban J connectivity index is 1.25. The monoisotopic (exact) mass is 653 g/mol. The van der Waals surface area contributed by atoms with E-state index in [4.69, 9.17) is 4.74 Å². The molecule has 43 heavy (non-hydrogen) atoms. The second-order valence-corrected chi connectivity index (χ2v) is 14.5. The molecule has 3 N–H and O–H groups in total. The lowest BCUT2D eigenvalue weighted by Crippen LogP contribution is -2.71. The van der Waals surface area contributed by atoms with Gasteiger partial charge in [-0.1, -0.05) is 45.9 Å². The molecule has 6 atom stereocenters. The quantitative estimate of drug-likeness (QED) is 0.456. The van der Waals surface area contributed by atoms with Crippen molar-refractivity contribution in [3.05, 3.63) is 40.0 Å². The zero-order chi connectivity index (χ0) is 30.6. The Morgan fingerprint density at radius 2 is 2.02 bits per heavy atom. The summed E-state index contributed by atoms with van der Waals surface area (Å²) in [6, 6.07) is 4.76. The maximum Gasteiger partial charge on any atom is 0.281 e. The molecule has 3 fully saturated rings. The Bertz CT molecular complexity index is 1570. The van der Waals surface area contributed by atoms with Crippen LogP contribution in [0.4, 0.5) is 0 Å². The SMILES string of the molecule is CC(C)CC1C(=O)N2CCCC2[C@]2(O)O[C@](NC(=O)C3C=C4c5cccc6[nH]c(Br)c(c56)CC4N(C)C3)(C(C)C)C(=O)N12. The Kier molecular flexibility index (Phi) is 6.67. The molecule has 230 valence electrons. The van der Waals surface area contributed by atoms with Crippen LogP contribution in [0, 0.1) is 17.8 Å². The van der Waals surface area contributed by atoms with Crippen molar-refractivity contribution in [2.75, 3.05) is 20.1 Å². The first kappa shape index (κ1) is 29.0. The zero-order valence-electron chi connectivity index (χ0n) is 25.3. The first-order valence-electron chi connectivity index (χ1n) is 15.5. The summed E-state index contributed by atoms with van der Waals surface area (Å²) in [5.41, 5.74) is 2.68. The number of amides is 3. The molecule has 4 unspecified atom stereocenters. The average Bonchev–Trinajstić information content (AvgIpc) is 3.63. The summed E-state index contributed by atoms with van der Waals surface area (Å²) in [7, 11) is 2.03. The van der Waals surface area contributed by atoms with Crippen LogP contribution >= 0.6 is 15.9 Å². The fourth-order valence-electron chi connectivity index (χ4n) is 8.15. The Labute approximate surface area is 259 Å². The smallest absolute Gasteiger partial charge is 0.281 e. The van der Waals surface area contributed by atoms with E-state index in [1.165, 1.54) is 15.8 Å². The number of likely N-dealkylation sites (N-methyl/N-ethyl adjacent to an activating group) is 1. The number of aromatic amines is 1. The van der Waals surface area contributed by atoms with Crippen LogP contribution in [0.1, 0.15) is 58.1 Å². The van der Waals surface area contributed by atoms with Gasteiger partial charge in [0.25, 0.3) is 11.8 Å². The Morgan fingerprint density at radius 1 is 1.26 bits per heavy atom. The number of aliphatic hydroxyl groups is 1. The van der Waals surface area contributed by atoms with Crippen LogP contribution in [0.5, 0.6) is 0 Å². The number of piperazine rings is 1. The van der Waals surface area contributed by atoms with Gasteiger partial charge in [0.05, 0.1) is 10.5 Å². The van der Waals surface area contributed by atoms with Gasteiger partial charge in [-0.05, 0) is 77.3 Å². The maximum absolute atomic E-state index is 14.4. The standard InChI is InChI=1S/C32H40BrN5O5/c1-16(2)12-24-29(40)37-11-7-10-25(37)32(42)38(24)30(41)31(43-32,17(3)4)35-28(39)18-13-20-19-8-6-9-22-26(19)21(27(33)34-22)14-23(20)36(5)15-18/h6,8-9,13,16-18,23-25,34,42H,7,10-12,14-15H2,1-5H3,(H,35,39)/t18?,23?,24?,25?,31-,32+/m1/s1. The number of hydrogen-bond acceptors (Lipinski definition) is 6. The number of halogens is 1. The molecular weight excluding hydrogens is 614 g/mol. The molecule has 0 radical (unpaired) electrons. The summed E-state index contributed by atoms with van der Waals surface area (Å²) in [4.78, 5) is 50.8. The van der Waals surface area contributed by atoms with E-state index < -0.39 is 41.5 Å². The highest BCUT2D eigenvalue weighted by molar-refractivity contribution is 9.10. The van der Waals surface area contributed by atoms with Gasteiger partial charge in [0.15, 0.2) is 0 Å². The van der Waals surface area contributed by atoms with E-state index in [2.05, 4.69) is 43.3 Å². The van der Waals surface area contributed by atoms with Crippen LogP contribution in [-0.2, 0) is 25.5 Å². The van der Waals surface area contributed by atoms with E-state index in [0.29, 0.717) is 25.9 Å². The normalized spacial score (nSPS) is 33.7. The van der Waals surface area contributed by atoms with Gasteiger partial charge in [0, 0.05) is 36.0 Å². The molecule has 2 aromatic rings. The lowest BCUT2D eigenvalue weighted by molar-refractivity contribution is -0.322. The number of fused-ring (bicyclic) bond motifs is 5. The fraction of sp³-hybridized carbons (Fsp3) is 0.594. The predicted octanol–water partition coefficient (Wildman–Crippen LogP) is 3.19. The minimum atomic E-state index is -2.01. The van der Waals surface area contributed by atoms with Crippen LogP contribution in [0.2, 0.25) is 0 Å². The highest BCUT2D eigenvalue weighted by Crippen LogP contribution is 2.49. The van der Waals surface area contributed by atoms with E-state index in [1.54, 1.807) is 18.7 Å². The van der Waals surface area contributed by atoms with E-state index in [-0.39, 0.29) is 23.8 Å². The first-order chi connectivity index (χ1) is 20.4. The number of nitrogens with zero attached hydrogens (tertiary/aromatic N) is 3. The number of aromatic nitrogens is 1. The minimum Gasteiger partial charge on any atom is -0.349 e. The van der Waals surface area contributed by atoms with Crippen molar-refractivity contribution in [3.63, 3.8) is 0 Å². The molecule has 0 saturated carbocycles. The van der Waals surface area contributed by atoms with Crippen LogP contribution in [-0.4, -0.2) is 92.4 Å². The summed E-state index contributed by atoms with van der Waals surface area (Å²) < 4.78 is 7.43. The number of carbonyl (C=O) groups is 3. The molecule has 5 heterocycles. The topological polar surface area (TPSA) is 118 Å². The van der Waals surface area contributed by atoms with Gasteiger partial charge in [-0.3, -0.25) is 28.9 Å². The van der Waals surface area contributed by atoms with Gasteiger partial charge in [0.2, 0.25) is 17.5 Å². The summed E-state index contributed by atoms with van der Waals surface area (Å²) in [6.07, 6.45) is 4.49. The second-order valence-electron chi connectivity index (χ2n) is 13.7. The highest BCUT2D eigenvalue weighted by atomic mass is 79.9. The molecule has 4 aliphatic heterocycles. The molecule has 3 amide bonds. The molecule has 1 aromatic heterocycles. The van der Waals surface area contributed by atoms with Gasteiger partial charge >= 0.3 is 0 Å². The number of ether oxygens (including phenoxy) is 1. The van der Waals surface area contributed by atoms with E-state index in [1.807, 2.05) is 33.0 Å². The lowest BCUT2D eigenvalue weighted by atomic mass is 9.79. The molecule has 5 aliphatic rings. The lowest BCUT2D eigenvalue weighted by Gasteiger charge is -2.49. The molecule has 11 heteroatoms. The van der Waals surface area contributed by atoms with Crippen LogP contribution in [0.3, 0.4) is 0 Å². The van der Waals surface area contributed by atoms with Crippen LogP contribution < -0.4 is 5.32 Å². The van der Waals surface area contributed by atoms with E-state index in [9.17, 15) is 19.5 Å². The fourth-order valence-corrected chi connectivity index (χ4v) is 8.72. The number of hydrogen-bond donors (Lipinski definition) is 3. The Morgan fingerprint density at radius 3 is 2.74 bits per heavy atom. The number of rotatable bonds is 5. The van der Waals surface area contributed by atoms with Crippen molar-refractivity contribution in [2.24, 2.45) is 17.8 Å². The molecule has 0 bridgehead atoms. The van der Waals surface area contributed by atoms with E-state index >= 15 is 0 Å². The number of nitrogens with one attached hydrogen (secondary N) is 2. The highest BCUT2D eigenvalue weighted by Gasteiger charge is 2.72. The summed E-state index contributed by atoms with van der Waals surface area (Å²) in [5.74, 6) is -4.01. The summed E-state index contributed by atoms with van der Waals surface area (Å²) in [6.45, 7) is 8.57. The number of benzene rings is 1. The minimum absolute atomic E-state index is 0.104. The number of carbonyl (C=O) groups excluding carboxylic acids is 3. The summed E-state index contributed by atoms with van der Waals surface area (Å²) >= 11 is 3.70. The third-order valence-corrected chi connectivity index (χ3v) is 10.9. The Hall–Kier alpha value is -2.73. The van der Waals surface area contributed by atoms with Crippen molar-refractivity contribution in [1.29, 1.82) is 0 Å². The summed E-state index contributed by atoms with van der Waals surface area (Å²) in [5, 5.41) is 16.3. The van der Waals surface area contributed by atoms with Gasteiger partial charge < -0.3 is 20.3 Å². The predicted molar refractivity (Wildman–Crippen MR) is 164 cm³/mol. The molecule has 10 nitrogen and oxygen atoms in total. The van der Waals surface area contributed by atoms with Crippen molar-refractivity contribution < 1.29 is 24.2 Å². The van der Waals surface area contributed by atoms with Gasteiger partial charge in [0.1, 0.15) is 12.1 Å². The number of H-pyrrole nitrogens is 1. The largest absolute Gasteiger partial charge is 0.349 e. The third-order valence-electron chi connectivity index (χ3n) is 10.3. The average molecular weight is 655 g/mol. The van der Waals surface area contributed by atoms with Gasteiger partial charge in [-0.15, -0.1) is 0 Å². The molecule has 1 aliphatic carbocycles. The first-order valence-corrected chi connectivity index (χ1v) is 16.3. The van der Waals surface area contributed by atoms with Crippen LogP contribution in [0.25, 0.3) is 16.5 Å². The van der Waals surface area contributed by atoms with Crippen molar-refractivity contribution in [3.8, 4) is 0 Å². The van der Waals surface area contributed by atoms with Crippen LogP contribution in [0.15, 0.2) is 28.9 Å². The molecule has 3 saturated heterocycles. The maximum atomic E-state index is 14.4. The van der Waals surface area contributed by atoms with Crippen molar-refractivity contribution in [2.45, 2.75) is 83.1 Å². The van der Waals surface area contributed by atoms with E-state index in [0.717, 1.165) is 34.1 Å². The molecule has 1 aromatic carbocycles.